The van der Waals surface area contributed by atoms with Crippen molar-refractivity contribution < 1.29 is 36.2 Å². The lowest BCUT2D eigenvalue weighted by atomic mass is 10.1. The Balaban J connectivity index is 1.77. The van der Waals surface area contributed by atoms with Crippen LogP contribution >= 0.6 is 12.2 Å². The van der Waals surface area contributed by atoms with Crippen molar-refractivity contribution in [2.75, 3.05) is 0 Å². The lowest BCUT2D eigenvalue weighted by molar-refractivity contribution is -0.289. The predicted molar refractivity (Wildman–Crippen MR) is 114 cm³/mol. The maximum Gasteiger partial charge on any atom is 0.458 e. The number of ketones is 1. The topological polar surface area (TPSA) is 79.4 Å². The van der Waals surface area contributed by atoms with E-state index >= 15 is 0 Å². The van der Waals surface area contributed by atoms with Crippen molar-refractivity contribution in [2.24, 2.45) is 12.8 Å². The maximum atomic E-state index is 13.6. The zero-order valence-electron chi connectivity index (χ0n) is 17.3. The molecule has 0 aliphatic carbocycles. The number of aryl methyl sites for hydroxylation is 1. The first-order chi connectivity index (χ1) is 15.3. The molecule has 0 radical (unpaired) electrons. The van der Waals surface area contributed by atoms with E-state index in [0.717, 1.165) is 6.07 Å². The Kier molecular flexibility index (Phi) is 6.59. The molecule has 3 aromatic rings. The van der Waals surface area contributed by atoms with Crippen molar-refractivity contribution in [3.63, 3.8) is 0 Å². The number of nitrogens with two attached hydrogens (primary N) is 1. The highest BCUT2D eigenvalue weighted by molar-refractivity contribution is 7.80. The Morgan fingerprint density at radius 1 is 1.12 bits per heavy atom. The van der Waals surface area contributed by atoms with Gasteiger partial charge in [-0.1, -0.05) is 18.3 Å². The molecule has 2 aromatic carbocycles. The molecule has 0 saturated carbocycles. The average Bonchev–Trinajstić information content (AvgIpc) is 3.03. The van der Waals surface area contributed by atoms with Crippen LogP contribution in [0.25, 0.3) is 11.0 Å². The van der Waals surface area contributed by atoms with Gasteiger partial charge in [0.15, 0.2) is 11.9 Å². The lowest BCUT2D eigenvalue weighted by Crippen LogP contribution is -2.33. The minimum Gasteiger partial charge on any atom is -0.483 e. The molecular formula is C21H18F5N3O3S. The van der Waals surface area contributed by atoms with E-state index in [1.54, 1.807) is 6.92 Å². The number of thiocarbonyl (C=S) groups is 1. The number of halogens is 5. The van der Waals surface area contributed by atoms with Gasteiger partial charge in [-0.2, -0.15) is 26.9 Å². The van der Waals surface area contributed by atoms with Gasteiger partial charge in [0.25, 0.3) is 0 Å². The van der Waals surface area contributed by atoms with E-state index in [0.29, 0.717) is 29.1 Å². The van der Waals surface area contributed by atoms with Gasteiger partial charge < -0.3 is 15.2 Å². The summed E-state index contributed by atoms with van der Waals surface area (Å²) in [6.45, 7) is 1.56. The molecule has 6 nitrogen and oxygen atoms in total. The fourth-order valence-electron chi connectivity index (χ4n) is 2.90. The first-order valence-corrected chi connectivity index (χ1v) is 9.87. The van der Waals surface area contributed by atoms with Crippen molar-refractivity contribution in [1.29, 1.82) is 0 Å². The third-order valence-corrected chi connectivity index (χ3v) is 4.85. The predicted octanol–water partition coefficient (Wildman–Crippen LogP) is 5.03. The molecule has 12 heteroatoms. The first kappa shape index (κ1) is 24.4. The molecule has 0 fully saturated rings. The second-order valence-electron chi connectivity index (χ2n) is 7.17. The van der Waals surface area contributed by atoms with Crippen molar-refractivity contribution in [2.45, 2.75) is 31.5 Å². The van der Waals surface area contributed by atoms with E-state index in [1.807, 2.05) is 0 Å². The van der Waals surface area contributed by atoms with Gasteiger partial charge in [0.05, 0.1) is 22.4 Å². The highest BCUT2D eigenvalue weighted by Gasteiger charge is 2.58. The number of imidazole rings is 1. The summed E-state index contributed by atoms with van der Waals surface area (Å²) in [5.41, 5.74) is 4.35. The minimum absolute atomic E-state index is 0.0221. The fraction of sp³-hybridized carbons (Fsp3) is 0.286. The molecule has 0 spiro atoms. The van der Waals surface area contributed by atoms with Gasteiger partial charge in [0.2, 0.25) is 0 Å². The van der Waals surface area contributed by atoms with Crippen molar-refractivity contribution in [3.05, 3.63) is 48.0 Å². The van der Waals surface area contributed by atoms with Gasteiger partial charge in [0, 0.05) is 12.6 Å². The molecule has 1 atom stereocenters. The molecule has 1 heterocycles. The Morgan fingerprint density at radius 3 is 2.30 bits per heavy atom. The van der Waals surface area contributed by atoms with Crippen LogP contribution in [0.1, 0.15) is 18.9 Å². The number of carbonyl (C=O) groups excluding carboxylic acids is 1. The highest BCUT2D eigenvalue weighted by Crippen LogP contribution is 2.44. The van der Waals surface area contributed by atoms with Gasteiger partial charge in [0.1, 0.15) is 11.5 Å². The zero-order chi connectivity index (χ0) is 24.6. The quantitative estimate of drug-likeness (QED) is 0.355. The summed E-state index contributed by atoms with van der Waals surface area (Å²) >= 11 is 4.70. The summed E-state index contributed by atoms with van der Waals surface area (Å²) in [5.74, 6) is -4.62. The van der Waals surface area contributed by atoms with Gasteiger partial charge >= 0.3 is 18.1 Å². The van der Waals surface area contributed by atoms with Crippen LogP contribution in [0.4, 0.5) is 22.0 Å². The number of alkyl halides is 5. The number of benzene rings is 2. The Labute approximate surface area is 190 Å². The monoisotopic (exact) mass is 487 g/mol. The molecule has 2 N–H and O–H groups in total. The van der Waals surface area contributed by atoms with Gasteiger partial charge in [-0.25, -0.2) is 0 Å². The number of carbonyl (C=O) groups is 1. The number of Topliss-reactive ketones (excluding diaryl/α,β-unsaturated/α-hetero) is 1. The molecule has 33 heavy (non-hydrogen) atoms. The van der Waals surface area contributed by atoms with Crippen molar-refractivity contribution >= 4 is 34.0 Å². The summed E-state index contributed by atoms with van der Waals surface area (Å²) in [6.07, 6.45) is -6.58. The van der Waals surface area contributed by atoms with Gasteiger partial charge in [-0.3, -0.25) is 9.36 Å². The van der Waals surface area contributed by atoms with Gasteiger partial charge in [-0.05, 0) is 43.3 Å². The summed E-state index contributed by atoms with van der Waals surface area (Å²) in [7, 11) is 1.53. The van der Waals surface area contributed by atoms with Crippen molar-refractivity contribution in [1.82, 2.24) is 9.55 Å². The molecule has 3 rings (SSSR count). The summed E-state index contributed by atoms with van der Waals surface area (Å²) in [4.78, 5) is 16.0. The third-order valence-electron chi connectivity index (χ3n) is 4.71. The Hall–Kier alpha value is -3.28. The fourth-order valence-corrected chi connectivity index (χ4v) is 3.05. The van der Waals surface area contributed by atoms with Crippen LogP contribution in [0.5, 0.6) is 17.5 Å². The standard InChI is InChI=1S/C21H18F5N3O3S/c1-11(17(30)10-18(27)33)31-13-4-6-14(7-5-13)32-19-28-15-9-12(3-8-16(15)29(19)2)20(22,23)21(24,25)26/h3-9,11H,10H2,1-2H3,(H2,27,33). The average molecular weight is 487 g/mol. The number of ether oxygens (including phenoxy) is 2. The molecular weight excluding hydrogens is 469 g/mol. The highest BCUT2D eigenvalue weighted by atomic mass is 32.1. The Morgan fingerprint density at radius 2 is 1.73 bits per heavy atom. The molecule has 176 valence electrons. The van der Waals surface area contributed by atoms with Crippen molar-refractivity contribution in [3.8, 4) is 17.5 Å². The van der Waals surface area contributed by atoms with E-state index in [2.05, 4.69) is 4.98 Å². The number of rotatable bonds is 8. The number of hydrogen-bond donors (Lipinski definition) is 1. The smallest absolute Gasteiger partial charge is 0.458 e. The van der Waals surface area contributed by atoms with Crippen LogP contribution in [0, 0.1) is 0 Å². The summed E-state index contributed by atoms with van der Waals surface area (Å²) < 4.78 is 77.8. The molecule has 0 aliphatic rings. The van der Waals surface area contributed by atoms with E-state index < -0.39 is 23.8 Å². The maximum absolute atomic E-state index is 13.6. The number of fused-ring (bicyclic) bond motifs is 1. The van der Waals surface area contributed by atoms with E-state index in [-0.39, 0.29) is 28.7 Å². The molecule has 1 aromatic heterocycles. The first-order valence-electron chi connectivity index (χ1n) is 9.46. The third kappa shape index (κ3) is 5.21. The number of hydrogen-bond acceptors (Lipinski definition) is 5. The SMILES string of the molecule is CC(Oc1ccc(Oc2nc3cc(C(F)(F)C(F)(F)F)ccc3n2C)cc1)C(=O)CC(N)=S. The van der Waals surface area contributed by atoms with Crippen LogP contribution in [0.2, 0.25) is 0 Å². The largest absolute Gasteiger partial charge is 0.483 e. The zero-order valence-corrected chi connectivity index (χ0v) is 18.1. The summed E-state index contributed by atoms with van der Waals surface area (Å²) in [6, 6.07) is 8.57. The van der Waals surface area contributed by atoms with Crippen LogP contribution in [-0.2, 0) is 17.8 Å². The minimum atomic E-state index is -5.73. The van der Waals surface area contributed by atoms with E-state index in [1.165, 1.54) is 35.9 Å². The molecule has 0 bridgehead atoms. The lowest BCUT2D eigenvalue weighted by Gasteiger charge is -2.19. The normalized spacial score (nSPS) is 13.1. The second-order valence-corrected chi connectivity index (χ2v) is 7.70. The van der Waals surface area contributed by atoms with Crippen LogP contribution in [0.15, 0.2) is 42.5 Å². The summed E-state index contributed by atoms with van der Waals surface area (Å²) in [5, 5.41) is 0. The van der Waals surface area contributed by atoms with E-state index in [9.17, 15) is 26.7 Å². The van der Waals surface area contributed by atoms with Crippen LogP contribution in [-0.4, -0.2) is 32.6 Å². The second kappa shape index (κ2) is 8.93. The Bertz CT molecular complexity index is 1190. The van der Waals surface area contributed by atoms with Crippen LogP contribution < -0.4 is 15.2 Å². The molecule has 0 aliphatic heterocycles. The molecule has 0 saturated heterocycles. The number of nitrogens with zero attached hydrogens (tertiary/aromatic N) is 2. The van der Waals surface area contributed by atoms with E-state index in [4.69, 9.17) is 27.4 Å². The number of aromatic nitrogens is 2. The van der Waals surface area contributed by atoms with Gasteiger partial charge in [-0.15, -0.1) is 0 Å². The molecule has 1 unspecified atom stereocenters. The van der Waals surface area contributed by atoms with Crippen LogP contribution in [0.3, 0.4) is 0 Å². The molecule has 0 amide bonds.